The fourth-order valence-electron chi connectivity index (χ4n) is 5.10. The lowest BCUT2D eigenvalue weighted by Gasteiger charge is -2.30. The lowest BCUT2D eigenvalue weighted by molar-refractivity contribution is -0.137. The number of benzene rings is 1. The van der Waals surface area contributed by atoms with Crippen molar-refractivity contribution < 1.29 is 38.1 Å². The van der Waals surface area contributed by atoms with Crippen LogP contribution in [0, 0.1) is 29.4 Å². The predicted octanol–water partition coefficient (Wildman–Crippen LogP) is 1.24. The Morgan fingerprint density at radius 2 is 1.88 bits per heavy atom. The molecule has 2 aliphatic heterocycles. The molecule has 2 saturated heterocycles. The molecule has 2 amide bonds. The van der Waals surface area contributed by atoms with Gasteiger partial charge in [0.25, 0.3) is 5.91 Å². The molecule has 15 heteroatoms. The number of aliphatic hydroxyl groups excluding tert-OH is 2. The number of hydrogen-bond donors (Lipinski definition) is 4. The lowest BCUT2D eigenvalue weighted by Crippen LogP contribution is -2.43. The fourth-order valence-corrected chi connectivity index (χ4v) is 5.10. The zero-order valence-electron chi connectivity index (χ0n) is 22.8. The molecule has 1 aromatic carbocycles. The minimum Gasteiger partial charge on any atom is -0.410 e. The largest absolute Gasteiger partial charge is 0.415 e. The van der Waals surface area contributed by atoms with Crippen LogP contribution in [0.1, 0.15) is 44.2 Å². The first kappa shape index (κ1) is 28.7. The Labute approximate surface area is 244 Å². The monoisotopic (exact) mass is 597 g/mol. The van der Waals surface area contributed by atoms with Crippen molar-refractivity contribution >= 4 is 29.0 Å². The van der Waals surface area contributed by atoms with E-state index >= 15 is 0 Å². The van der Waals surface area contributed by atoms with E-state index in [0.717, 1.165) is 25.0 Å². The number of fused-ring (bicyclic) bond motifs is 1. The average Bonchev–Trinajstić information content (AvgIpc) is 3.62. The van der Waals surface area contributed by atoms with Crippen LogP contribution in [-0.2, 0) is 9.53 Å². The van der Waals surface area contributed by atoms with Crippen LogP contribution in [0.15, 0.2) is 24.5 Å². The van der Waals surface area contributed by atoms with Crippen LogP contribution >= 0.6 is 0 Å². The summed E-state index contributed by atoms with van der Waals surface area (Å²) in [5.74, 6) is 3.65. The number of rotatable bonds is 5. The van der Waals surface area contributed by atoms with Crippen LogP contribution in [0.25, 0.3) is 11.2 Å². The molecule has 4 atom stereocenters. The molecule has 0 unspecified atom stereocenters. The number of carbonyl (C=O) groups excluding carboxylic acids is 2. The Hall–Kier alpha value is -4.39. The van der Waals surface area contributed by atoms with Crippen molar-refractivity contribution in [2.24, 2.45) is 5.92 Å². The van der Waals surface area contributed by atoms with Crippen molar-refractivity contribution in [3.63, 3.8) is 0 Å². The van der Waals surface area contributed by atoms with Gasteiger partial charge < -0.3 is 35.6 Å². The van der Waals surface area contributed by atoms with Gasteiger partial charge in [-0.2, -0.15) is 0 Å². The summed E-state index contributed by atoms with van der Waals surface area (Å²) in [4.78, 5) is 39.3. The quantitative estimate of drug-likeness (QED) is 0.313. The number of halogens is 2. The summed E-state index contributed by atoms with van der Waals surface area (Å²) in [5.41, 5.74) is 6.58. The molecule has 5 N–H and O–H groups in total. The number of hydrogen-bond acceptors (Lipinski definition) is 10. The van der Waals surface area contributed by atoms with Crippen LogP contribution < -0.4 is 15.8 Å². The number of amides is 2. The molecular formula is C28H29F2N7O6. The van der Waals surface area contributed by atoms with Crippen LogP contribution in [0.3, 0.4) is 0 Å². The Kier molecular flexibility index (Phi) is 7.82. The van der Waals surface area contributed by atoms with Gasteiger partial charge in [0, 0.05) is 31.6 Å². The highest BCUT2D eigenvalue weighted by Crippen LogP contribution is 2.33. The summed E-state index contributed by atoms with van der Waals surface area (Å²) in [6.45, 7) is 0.831. The summed E-state index contributed by atoms with van der Waals surface area (Å²) in [6, 6.07) is 2.97. The number of imidazole rings is 1. The van der Waals surface area contributed by atoms with Crippen molar-refractivity contribution in [3.8, 4) is 17.6 Å². The number of likely N-dealkylation sites (tertiary alicyclic amines) is 1. The minimum absolute atomic E-state index is 0.0613. The summed E-state index contributed by atoms with van der Waals surface area (Å²) in [7, 11) is 0. The highest BCUT2D eigenvalue weighted by atomic mass is 19.2. The number of carbonyl (C=O) groups is 2. The third-order valence-corrected chi connectivity index (χ3v) is 7.70. The number of nitrogens with one attached hydrogen (secondary N) is 1. The van der Waals surface area contributed by atoms with Gasteiger partial charge in [-0.3, -0.25) is 9.36 Å². The molecule has 0 bridgehead atoms. The summed E-state index contributed by atoms with van der Waals surface area (Å²) in [6.07, 6.45) is -0.998. The number of aromatic nitrogens is 4. The maximum atomic E-state index is 13.4. The topological polar surface area (TPSA) is 178 Å². The molecule has 6 rings (SSSR count). The van der Waals surface area contributed by atoms with Gasteiger partial charge in [0.1, 0.15) is 23.5 Å². The Morgan fingerprint density at radius 1 is 1.12 bits per heavy atom. The number of anilines is 1. The highest BCUT2D eigenvalue weighted by Gasteiger charge is 2.48. The van der Waals surface area contributed by atoms with E-state index in [9.17, 15) is 28.6 Å². The van der Waals surface area contributed by atoms with E-state index in [0.29, 0.717) is 32.4 Å². The van der Waals surface area contributed by atoms with Crippen molar-refractivity contribution in [2.45, 2.75) is 62.7 Å². The van der Waals surface area contributed by atoms with Crippen LogP contribution in [0.2, 0.25) is 0 Å². The van der Waals surface area contributed by atoms with Crippen molar-refractivity contribution in [1.29, 1.82) is 0 Å². The van der Waals surface area contributed by atoms with Gasteiger partial charge in [-0.05, 0) is 49.7 Å². The molecule has 3 fully saturated rings. The maximum Gasteiger partial charge on any atom is 0.415 e. The fraction of sp³-hybridized carbons (Fsp3) is 0.464. The second kappa shape index (κ2) is 11.7. The number of piperidine rings is 1. The van der Waals surface area contributed by atoms with Gasteiger partial charge in [0.05, 0.1) is 6.33 Å². The standard InChI is InChI=1S/C28H29F2N7O6/c29-17-7-6-16(12-18(17)30)42-28(41)36-10-8-14(9-11-36)2-1-3-19-34-24(31)20-25(35-19)37(13-32-20)27-22(39)21(38)23(43-27)26(40)33-15-4-5-15/h6-7,12-15,21-23,27,38-39H,2,4-5,8-11H2,(H,33,40)(H2,31,34,35)/t21-,22+,23-,27+/m0/s1. The average molecular weight is 598 g/mol. The zero-order valence-corrected chi connectivity index (χ0v) is 22.8. The van der Waals surface area contributed by atoms with E-state index in [1.54, 1.807) is 0 Å². The minimum atomic E-state index is -1.45. The van der Waals surface area contributed by atoms with Crippen LogP contribution in [0.4, 0.5) is 19.4 Å². The first-order chi connectivity index (χ1) is 20.7. The molecular weight excluding hydrogens is 568 g/mol. The molecule has 1 aliphatic carbocycles. The molecule has 226 valence electrons. The molecule has 43 heavy (non-hydrogen) atoms. The Morgan fingerprint density at radius 3 is 2.60 bits per heavy atom. The summed E-state index contributed by atoms with van der Waals surface area (Å²) < 4.78 is 38.8. The lowest BCUT2D eigenvalue weighted by atomic mass is 9.94. The van der Waals surface area contributed by atoms with Crippen molar-refractivity contribution in [3.05, 3.63) is 42.0 Å². The first-order valence-corrected chi connectivity index (χ1v) is 13.9. The van der Waals surface area contributed by atoms with E-state index in [-0.39, 0.29) is 40.5 Å². The van der Waals surface area contributed by atoms with Gasteiger partial charge in [-0.1, -0.05) is 5.92 Å². The van der Waals surface area contributed by atoms with Crippen molar-refractivity contribution in [2.75, 3.05) is 18.8 Å². The number of aliphatic hydroxyl groups is 2. The normalized spacial score (nSPS) is 24.0. The maximum absolute atomic E-state index is 13.4. The molecule has 3 aromatic rings. The van der Waals surface area contributed by atoms with Gasteiger partial charge >= 0.3 is 6.09 Å². The summed E-state index contributed by atoms with van der Waals surface area (Å²) in [5, 5.41) is 23.9. The highest BCUT2D eigenvalue weighted by molar-refractivity contribution is 5.83. The van der Waals surface area contributed by atoms with Gasteiger partial charge in [-0.15, -0.1) is 0 Å². The summed E-state index contributed by atoms with van der Waals surface area (Å²) >= 11 is 0. The number of nitrogens with zero attached hydrogens (tertiary/aromatic N) is 5. The Balaban J connectivity index is 1.07. The van der Waals surface area contributed by atoms with Crippen molar-refractivity contribution in [1.82, 2.24) is 29.7 Å². The number of nitrogens with two attached hydrogens (primary N) is 1. The van der Waals surface area contributed by atoms with E-state index in [2.05, 4.69) is 32.1 Å². The molecule has 3 aliphatic rings. The molecule has 0 spiro atoms. The Bertz CT molecular complexity index is 1610. The molecule has 1 saturated carbocycles. The zero-order chi connectivity index (χ0) is 30.2. The molecule has 13 nitrogen and oxygen atoms in total. The third-order valence-electron chi connectivity index (χ3n) is 7.70. The van der Waals surface area contributed by atoms with E-state index in [1.807, 2.05) is 0 Å². The number of ether oxygens (including phenoxy) is 2. The van der Waals surface area contributed by atoms with E-state index in [4.69, 9.17) is 15.2 Å². The van der Waals surface area contributed by atoms with Crippen LogP contribution in [0.5, 0.6) is 5.75 Å². The second-order valence-electron chi connectivity index (χ2n) is 10.8. The van der Waals surface area contributed by atoms with Gasteiger partial charge in [0.2, 0.25) is 5.82 Å². The smallest absolute Gasteiger partial charge is 0.410 e. The van der Waals surface area contributed by atoms with Crippen LogP contribution in [-0.4, -0.2) is 84.1 Å². The van der Waals surface area contributed by atoms with E-state index < -0.39 is 48.2 Å². The second-order valence-corrected chi connectivity index (χ2v) is 10.8. The molecule has 4 heterocycles. The van der Waals surface area contributed by atoms with Gasteiger partial charge in [-0.25, -0.2) is 28.5 Å². The predicted molar refractivity (Wildman–Crippen MR) is 145 cm³/mol. The molecule has 2 aromatic heterocycles. The molecule has 0 radical (unpaired) electrons. The SMILES string of the molecule is Nc1nc(C#CCC2CCN(C(=O)Oc3ccc(F)c(F)c3)CC2)nc2c1ncn2[C@@H]1O[C@H](C(=O)NC2CC2)[C@@H](O)[C@H]1O. The number of nitrogen functional groups attached to an aromatic ring is 1. The first-order valence-electron chi connectivity index (χ1n) is 13.9. The third kappa shape index (κ3) is 6.07. The van der Waals surface area contributed by atoms with Gasteiger partial charge in [0.15, 0.2) is 35.4 Å². The van der Waals surface area contributed by atoms with E-state index in [1.165, 1.54) is 21.9 Å².